The number of benzene rings is 3. The average molecular weight is 824 g/mol. The average Bonchev–Trinajstić information content (AvgIpc) is 3.09. The van der Waals surface area contributed by atoms with Crippen LogP contribution in [0.3, 0.4) is 0 Å². The minimum atomic E-state index is -0.514. The highest BCUT2D eigenvalue weighted by atomic mass is 127. The number of rotatable bonds is 7. The zero-order valence-corrected chi connectivity index (χ0v) is 26.7. The molecule has 190 valence electrons. The van der Waals surface area contributed by atoms with Gasteiger partial charge in [-0.3, -0.25) is 14.5 Å². The maximum absolute atomic E-state index is 13.5. The molecule has 0 aromatic heterocycles. The third kappa shape index (κ3) is 6.64. The second kappa shape index (κ2) is 12.4. The number of hydrogen-bond acceptors (Lipinski definition) is 5. The van der Waals surface area contributed by atoms with Gasteiger partial charge in [-0.15, -0.1) is 0 Å². The number of nitrogens with zero attached hydrogens (tertiary/aromatic N) is 2. The smallest absolute Gasteiger partial charge is 0.325 e. The zero-order valence-electron chi connectivity index (χ0n) is 19.2. The second-order valence-electron chi connectivity index (χ2n) is 7.82. The van der Waals surface area contributed by atoms with Crippen LogP contribution in [0.15, 0.2) is 70.8 Å². The van der Waals surface area contributed by atoms with Gasteiger partial charge < -0.3 is 14.4 Å². The van der Waals surface area contributed by atoms with Gasteiger partial charge in [-0.05, 0) is 123 Å². The first-order valence-corrected chi connectivity index (χ1v) is 14.5. The second-order valence-corrected chi connectivity index (χ2v) is 11.9. The van der Waals surface area contributed by atoms with Crippen LogP contribution in [0.2, 0.25) is 5.02 Å². The Bertz CT molecular complexity index is 1380. The van der Waals surface area contributed by atoms with Crippen LogP contribution in [0.25, 0.3) is 6.08 Å². The van der Waals surface area contributed by atoms with Crippen molar-refractivity contribution in [2.75, 3.05) is 18.6 Å². The molecule has 0 aliphatic carbocycles. The number of esters is 1. The standard InChI is InChI=1S/C26H18BrClI2N2O4S/c1-35-23(33)13-31-22(25(34)32(26(31)37)19-8-6-18(28)7-9-19)12-16-10-20(29)24(21(30)11-16)36-14-15-2-4-17(27)5-3-15/h2-12H,13-14H2,1H3/b22-12-. The van der Waals surface area contributed by atoms with E-state index >= 15 is 0 Å². The van der Waals surface area contributed by atoms with Crippen LogP contribution in [0, 0.1) is 7.14 Å². The van der Waals surface area contributed by atoms with Crippen LogP contribution in [0.5, 0.6) is 5.75 Å². The molecule has 0 spiro atoms. The number of methoxy groups -OCH3 is 1. The van der Waals surface area contributed by atoms with Gasteiger partial charge in [0, 0.05) is 9.50 Å². The molecule has 4 rings (SSSR count). The summed E-state index contributed by atoms with van der Waals surface area (Å²) in [6.07, 6.45) is 1.72. The van der Waals surface area contributed by atoms with E-state index in [1.807, 2.05) is 36.4 Å². The molecule has 1 heterocycles. The summed E-state index contributed by atoms with van der Waals surface area (Å²) in [5.74, 6) is -0.106. The maximum Gasteiger partial charge on any atom is 0.325 e. The molecule has 1 amide bonds. The molecule has 37 heavy (non-hydrogen) atoms. The maximum atomic E-state index is 13.5. The fraction of sp³-hybridized carbons (Fsp3) is 0.115. The van der Waals surface area contributed by atoms with E-state index in [1.54, 1.807) is 30.3 Å². The van der Waals surface area contributed by atoms with Crippen molar-refractivity contribution in [3.8, 4) is 5.75 Å². The van der Waals surface area contributed by atoms with Gasteiger partial charge in [0.2, 0.25) is 0 Å². The van der Waals surface area contributed by atoms with Crippen molar-refractivity contribution in [1.29, 1.82) is 0 Å². The number of thiocarbonyl (C=S) groups is 1. The molecule has 6 nitrogen and oxygen atoms in total. The van der Waals surface area contributed by atoms with E-state index in [4.69, 9.17) is 33.3 Å². The molecule has 0 N–H and O–H groups in total. The van der Waals surface area contributed by atoms with Crippen molar-refractivity contribution in [2.24, 2.45) is 0 Å². The molecular formula is C26H18BrClI2N2O4S. The molecule has 1 saturated heterocycles. The van der Waals surface area contributed by atoms with E-state index in [2.05, 4.69) is 61.1 Å². The van der Waals surface area contributed by atoms with Crippen molar-refractivity contribution < 1.29 is 19.1 Å². The third-order valence-corrected chi connectivity index (χ3v) is 8.14. The Hall–Kier alpha value is -1.74. The summed E-state index contributed by atoms with van der Waals surface area (Å²) in [7, 11) is 1.29. The highest BCUT2D eigenvalue weighted by Gasteiger charge is 2.40. The van der Waals surface area contributed by atoms with Gasteiger partial charge in [0.15, 0.2) is 5.11 Å². The number of carbonyl (C=O) groups excluding carboxylic acids is 2. The third-order valence-electron chi connectivity index (χ3n) is 5.36. The number of hydrogen-bond donors (Lipinski definition) is 0. The molecule has 1 aliphatic rings. The van der Waals surface area contributed by atoms with Gasteiger partial charge in [-0.25, -0.2) is 0 Å². The zero-order chi connectivity index (χ0) is 26.7. The monoisotopic (exact) mass is 822 g/mol. The molecule has 0 radical (unpaired) electrons. The Kier molecular flexibility index (Phi) is 9.48. The molecule has 0 saturated carbocycles. The summed E-state index contributed by atoms with van der Waals surface area (Å²) in [4.78, 5) is 28.5. The molecule has 11 heteroatoms. The van der Waals surface area contributed by atoms with Gasteiger partial charge in [-0.2, -0.15) is 0 Å². The Balaban J connectivity index is 1.65. The molecule has 0 atom stereocenters. The van der Waals surface area contributed by atoms with E-state index in [9.17, 15) is 9.59 Å². The van der Waals surface area contributed by atoms with Gasteiger partial charge in [0.25, 0.3) is 5.91 Å². The molecule has 3 aromatic carbocycles. The Morgan fingerprint density at radius 2 is 1.70 bits per heavy atom. The summed E-state index contributed by atoms with van der Waals surface area (Å²) < 4.78 is 13.7. The predicted octanol–water partition coefficient (Wildman–Crippen LogP) is 7.04. The topological polar surface area (TPSA) is 59.1 Å². The lowest BCUT2D eigenvalue weighted by Gasteiger charge is -2.19. The SMILES string of the molecule is COC(=O)CN1C(=S)N(c2ccc(Cl)cc2)C(=O)/C1=C/c1cc(I)c(OCc2ccc(Br)cc2)c(I)c1. The molecule has 3 aromatic rings. The van der Waals surface area contributed by atoms with Crippen molar-refractivity contribution in [3.05, 3.63) is 94.1 Å². The molecular weight excluding hydrogens is 806 g/mol. The molecule has 0 unspecified atom stereocenters. The van der Waals surface area contributed by atoms with Crippen LogP contribution in [-0.4, -0.2) is 35.5 Å². The van der Waals surface area contributed by atoms with Crippen molar-refractivity contribution in [3.63, 3.8) is 0 Å². The predicted molar refractivity (Wildman–Crippen MR) is 169 cm³/mol. The minimum Gasteiger partial charge on any atom is -0.487 e. The largest absolute Gasteiger partial charge is 0.487 e. The van der Waals surface area contributed by atoms with E-state index in [-0.39, 0.29) is 23.3 Å². The van der Waals surface area contributed by atoms with Crippen LogP contribution in [0.4, 0.5) is 5.69 Å². The normalized spacial score (nSPS) is 14.5. The van der Waals surface area contributed by atoms with Crippen LogP contribution < -0.4 is 9.64 Å². The quantitative estimate of drug-likeness (QED) is 0.110. The van der Waals surface area contributed by atoms with Gasteiger partial charge in [0.1, 0.15) is 24.6 Å². The van der Waals surface area contributed by atoms with E-state index < -0.39 is 5.97 Å². The number of anilines is 1. The summed E-state index contributed by atoms with van der Waals surface area (Å²) in [6.45, 7) is 0.231. The lowest BCUT2D eigenvalue weighted by atomic mass is 10.1. The Labute approximate surface area is 260 Å². The van der Waals surface area contributed by atoms with Crippen molar-refractivity contribution in [2.45, 2.75) is 6.61 Å². The van der Waals surface area contributed by atoms with Crippen LogP contribution in [-0.2, 0) is 20.9 Å². The highest BCUT2D eigenvalue weighted by molar-refractivity contribution is 14.1. The number of amides is 1. The van der Waals surface area contributed by atoms with Crippen molar-refractivity contribution >= 4 is 114 Å². The summed E-state index contributed by atoms with van der Waals surface area (Å²) >= 11 is 19.5. The van der Waals surface area contributed by atoms with Crippen LogP contribution in [0.1, 0.15) is 11.1 Å². The molecule has 0 bridgehead atoms. The summed E-state index contributed by atoms with van der Waals surface area (Å²) in [5.41, 5.74) is 2.63. The lowest BCUT2D eigenvalue weighted by molar-refractivity contribution is -0.140. The number of carbonyl (C=O) groups is 2. The Morgan fingerprint density at radius 1 is 1.08 bits per heavy atom. The summed E-state index contributed by atoms with van der Waals surface area (Å²) in [6, 6.07) is 18.5. The van der Waals surface area contributed by atoms with E-state index in [0.717, 1.165) is 28.5 Å². The Morgan fingerprint density at radius 3 is 2.30 bits per heavy atom. The van der Waals surface area contributed by atoms with Gasteiger partial charge >= 0.3 is 5.97 Å². The fourth-order valence-electron chi connectivity index (χ4n) is 3.54. The van der Waals surface area contributed by atoms with Gasteiger partial charge in [-0.1, -0.05) is 39.7 Å². The number of halogens is 4. The van der Waals surface area contributed by atoms with Crippen molar-refractivity contribution in [1.82, 2.24) is 4.90 Å². The highest BCUT2D eigenvalue weighted by Crippen LogP contribution is 2.33. The van der Waals surface area contributed by atoms with E-state index in [1.165, 1.54) is 16.9 Å². The van der Waals surface area contributed by atoms with Crippen LogP contribution >= 0.6 is 84.9 Å². The first-order chi connectivity index (χ1) is 17.7. The first kappa shape index (κ1) is 28.3. The minimum absolute atomic E-state index is 0.183. The summed E-state index contributed by atoms with van der Waals surface area (Å²) in [5, 5.41) is 0.720. The van der Waals surface area contributed by atoms with E-state index in [0.29, 0.717) is 17.3 Å². The fourth-order valence-corrected chi connectivity index (χ4v) is 6.41. The molecule has 1 fully saturated rings. The van der Waals surface area contributed by atoms with Gasteiger partial charge in [0.05, 0.1) is 19.9 Å². The lowest BCUT2D eigenvalue weighted by Crippen LogP contribution is -2.35. The first-order valence-electron chi connectivity index (χ1n) is 10.7. The molecule has 1 aliphatic heterocycles. The number of ether oxygens (including phenoxy) is 2.